The van der Waals surface area contributed by atoms with Crippen LogP contribution < -0.4 is 10.0 Å². The van der Waals surface area contributed by atoms with E-state index in [1.807, 2.05) is 42.0 Å². The lowest BCUT2D eigenvalue weighted by molar-refractivity contribution is -0.132. The molecule has 12 heteroatoms. The Morgan fingerprint density at radius 2 is 1.69 bits per heavy atom. The molecule has 0 aliphatic carbocycles. The Kier molecular flexibility index (Phi) is 13.6. The Morgan fingerprint density at radius 1 is 1.00 bits per heavy atom. The highest BCUT2D eigenvalue weighted by molar-refractivity contribution is 7.90. The number of nitrogens with zero attached hydrogens (tertiary/aromatic N) is 1. The molecular formula is C33H40FN3O6S2. The summed E-state index contributed by atoms with van der Waals surface area (Å²) in [5.41, 5.74) is 1.70. The van der Waals surface area contributed by atoms with Gasteiger partial charge >= 0.3 is 0 Å². The molecule has 0 saturated heterocycles. The fraction of sp³-hybridized carbons (Fsp3) is 0.364. The van der Waals surface area contributed by atoms with Gasteiger partial charge in [-0.1, -0.05) is 74.0 Å². The van der Waals surface area contributed by atoms with Gasteiger partial charge in [-0.15, -0.1) is 0 Å². The predicted molar refractivity (Wildman–Crippen MR) is 174 cm³/mol. The first kappa shape index (κ1) is 35.7. The lowest BCUT2D eigenvalue weighted by Gasteiger charge is -2.23. The second-order valence-corrected chi connectivity index (χ2v) is 13.1. The van der Waals surface area contributed by atoms with Gasteiger partial charge in [-0.25, -0.2) is 17.5 Å². The molecule has 0 aromatic heterocycles. The number of carbonyl (C=O) groups excluding carboxylic acids is 3. The first-order valence-electron chi connectivity index (χ1n) is 14.8. The molecule has 9 nitrogen and oxygen atoms in total. The number of carbonyl (C=O) groups is 3. The van der Waals surface area contributed by atoms with Crippen LogP contribution in [0.1, 0.15) is 50.7 Å². The van der Waals surface area contributed by atoms with Crippen LogP contribution in [0.5, 0.6) is 0 Å². The van der Waals surface area contributed by atoms with E-state index < -0.39 is 27.9 Å². The fourth-order valence-electron chi connectivity index (χ4n) is 4.55. The van der Waals surface area contributed by atoms with Crippen molar-refractivity contribution in [3.05, 3.63) is 89.7 Å². The average Bonchev–Trinajstić information content (AvgIpc) is 3.01. The molecule has 45 heavy (non-hydrogen) atoms. The maximum absolute atomic E-state index is 15.5. The van der Waals surface area contributed by atoms with E-state index >= 15 is 4.39 Å². The third kappa shape index (κ3) is 11.0. The first-order valence-corrected chi connectivity index (χ1v) is 16.8. The molecule has 0 radical (unpaired) electrons. The maximum Gasteiger partial charge on any atom is 0.264 e. The van der Waals surface area contributed by atoms with Crippen LogP contribution in [0, 0.1) is 5.82 Å². The third-order valence-corrected chi connectivity index (χ3v) is 8.84. The van der Waals surface area contributed by atoms with Crippen LogP contribution in [0.25, 0.3) is 11.1 Å². The Bertz CT molecular complexity index is 1570. The molecule has 0 saturated carbocycles. The molecule has 0 fully saturated rings. The summed E-state index contributed by atoms with van der Waals surface area (Å²) in [6.45, 7) is 3.47. The highest BCUT2D eigenvalue weighted by Crippen LogP contribution is 2.29. The van der Waals surface area contributed by atoms with Gasteiger partial charge in [-0.3, -0.25) is 14.4 Å². The van der Waals surface area contributed by atoms with E-state index in [1.54, 1.807) is 6.07 Å². The molecule has 2 atom stereocenters. The van der Waals surface area contributed by atoms with Gasteiger partial charge in [0.2, 0.25) is 11.8 Å². The maximum atomic E-state index is 15.5. The van der Waals surface area contributed by atoms with Crippen LogP contribution in [-0.4, -0.2) is 60.6 Å². The van der Waals surface area contributed by atoms with E-state index in [0.717, 1.165) is 18.9 Å². The summed E-state index contributed by atoms with van der Waals surface area (Å²) in [6, 6.07) is 19.8. The van der Waals surface area contributed by atoms with Crippen LogP contribution in [0.3, 0.4) is 0 Å². The standard InChI is InChI=1S/C33H40FN3O6S2/c1-3-4-14-32(40)37(18-17-31(39)35-21-27(44)19-24-10-6-5-7-11-24)22-26-16-15-25(20-29(26)34)28-12-8-9-13-30(28)45(42,43)36-33(41)23(2)38/h5-13,15-16,20,23,27,38,44H,3-4,14,17-19,21-22H2,1-2H3,(H,35,39)(H,36,41)/t23-,27+/m0/s1. The van der Waals surface area contributed by atoms with Crippen molar-refractivity contribution in [2.45, 2.75) is 68.7 Å². The number of rotatable bonds is 16. The molecule has 0 heterocycles. The van der Waals surface area contributed by atoms with E-state index in [4.69, 9.17) is 0 Å². The number of benzene rings is 3. The van der Waals surface area contributed by atoms with E-state index in [2.05, 4.69) is 17.9 Å². The molecule has 3 amide bonds. The van der Waals surface area contributed by atoms with Gasteiger partial charge in [0.15, 0.2) is 0 Å². The number of thiol groups is 1. The monoisotopic (exact) mass is 657 g/mol. The van der Waals surface area contributed by atoms with Crippen LogP contribution in [0.2, 0.25) is 0 Å². The van der Waals surface area contributed by atoms with E-state index in [1.165, 1.54) is 41.3 Å². The zero-order valence-electron chi connectivity index (χ0n) is 25.4. The quantitative estimate of drug-likeness (QED) is 0.170. The number of amides is 3. The van der Waals surface area contributed by atoms with Gasteiger partial charge in [0.05, 0.1) is 4.90 Å². The Labute approximate surface area is 269 Å². The number of aliphatic hydroxyl groups is 1. The minimum absolute atomic E-state index is 0.0345. The summed E-state index contributed by atoms with van der Waals surface area (Å²) in [4.78, 5) is 38.7. The Hall–Kier alpha value is -3.74. The van der Waals surface area contributed by atoms with Crippen molar-refractivity contribution < 1.29 is 32.3 Å². The average molecular weight is 658 g/mol. The van der Waals surface area contributed by atoms with Crippen LogP contribution >= 0.6 is 12.6 Å². The van der Waals surface area contributed by atoms with Crippen molar-refractivity contribution in [3.63, 3.8) is 0 Å². The number of unbranched alkanes of at least 4 members (excludes halogenated alkanes) is 1. The topological polar surface area (TPSA) is 133 Å². The molecule has 0 unspecified atom stereocenters. The number of halogens is 1. The number of sulfonamides is 1. The minimum Gasteiger partial charge on any atom is -0.384 e. The lowest BCUT2D eigenvalue weighted by Crippen LogP contribution is -2.37. The molecule has 242 valence electrons. The number of aliphatic hydroxyl groups excluding tert-OH is 1. The van der Waals surface area contributed by atoms with E-state index in [9.17, 15) is 27.9 Å². The molecular weight excluding hydrogens is 618 g/mol. The highest BCUT2D eigenvalue weighted by Gasteiger charge is 2.24. The normalized spacial score (nSPS) is 12.6. The molecule has 0 aliphatic heterocycles. The number of hydrogen-bond acceptors (Lipinski definition) is 7. The summed E-state index contributed by atoms with van der Waals surface area (Å²) >= 11 is 4.57. The van der Waals surface area contributed by atoms with Gasteiger partial charge < -0.3 is 15.3 Å². The van der Waals surface area contributed by atoms with Crippen LogP contribution in [-0.2, 0) is 37.4 Å². The van der Waals surface area contributed by atoms with Gasteiger partial charge in [0, 0.05) is 48.9 Å². The molecule has 0 spiro atoms. The molecule has 3 rings (SSSR count). The second kappa shape index (κ2) is 17.1. The van der Waals surface area contributed by atoms with Crippen LogP contribution in [0.15, 0.2) is 77.7 Å². The smallest absolute Gasteiger partial charge is 0.264 e. The van der Waals surface area contributed by atoms with E-state index in [0.29, 0.717) is 19.4 Å². The minimum atomic E-state index is -4.36. The summed E-state index contributed by atoms with van der Waals surface area (Å²) < 4.78 is 43.0. The zero-order chi connectivity index (χ0) is 33.0. The first-order chi connectivity index (χ1) is 21.4. The molecule has 3 aromatic carbocycles. The molecule has 3 N–H and O–H groups in total. The second-order valence-electron chi connectivity index (χ2n) is 10.8. The van der Waals surface area contributed by atoms with Gasteiger partial charge in [-0.05, 0) is 43.0 Å². The largest absolute Gasteiger partial charge is 0.384 e. The summed E-state index contributed by atoms with van der Waals surface area (Å²) in [6.07, 6.45) is 0.893. The summed E-state index contributed by atoms with van der Waals surface area (Å²) in [5, 5.41) is 12.2. The number of nitrogens with one attached hydrogen (secondary N) is 2. The number of hydrogen-bond donors (Lipinski definition) is 4. The summed E-state index contributed by atoms with van der Waals surface area (Å²) in [7, 11) is -4.36. The molecule has 3 aromatic rings. The van der Waals surface area contributed by atoms with Crippen molar-refractivity contribution in [3.8, 4) is 11.1 Å². The Morgan fingerprint density at radius 3 is 2.36 bits per heavy atom. The van der Waals surface area contributed by atoms with Gasteiger partial charge in [0.25, 0.3) is 15.9 Å². The molecule has 0 bridgehead atoms. The highest BCUT2D eigenvalue weighted by atomic mass is 32.2. The van der Waals surface area contributed by atoms with E-state index in [-0.39, 0.29) is 64.6 Å². The summed E-state index contributed by atoms with van der Waals surface area (Å²) in [5.74, 6) is -2.20. The van der Waals surface area contributed by atoms with Crippen molar-refractivity contribution in [2.24, 2.45) is 0 Å². The van der Waals surface area contributed by atoms with Gasteiger partial charge in [0.1, 0.15) is 11.9 Å². The van der Waals surface area contributed by atoms with Crippen LogP contribution in [0.4, 0.5) is 4.39 Å². The SMILES string of the molecule is CCCCC(=O)N(CCC(=O)NC[C@H](S)Cc1ccccc1)Cc1ccc(-c2ccccc2S(=O)(=O)NC(=O)[C@H](C)O)cc1F. The Balaban J connectivity index is 1.71. The van der Waals surface area contributed by atoms with Crippen molar-refractivity contribution in [1.82, 2.24) is 14.9 Å². The third-order valence-electron chi connectivity index (χ3n) is 7.07. The predicted octanol–water partition coefficient (Wildman–Crippen LogP) is 4.24. The van der Waals surface area contributed by atoms with Crippen molar-refractivity contribution >= 4 is 40.4 Å². The van der Waals surface area contributed by atoms with Gasteiger partial charge in [-0.2, -0.15) is 12.6 Å². The zero-order valence-corrected chi connectivity index (χ0v) is 27.1. The fourth-order valence-corrected chi connectivity index (χ4v) is 6.13. The van der Waals surface area contributed by atoms with Crippen molar-refractivity contribution in [2.75, 3.05) is 13.1 Å². The molecule has 0 aliphatic rings. The lowest BCUT2D eigenvalue weighted by atomic mass is 10.0. The van der Waals surface area contributed by atoms with Crippen molar-refractivity contribution in [1.29, 1.82) is 0 Å².